The molecule has 3 nitrogen and oxygen atoms in total. The van der Waals surface area contributed by atoms with E-state index in [1.165, 1.54) is 37.2 Å². The molecule has 0 aromatic heterocycles. The lowest BCUT2D eigenvalue weighted by Crippen LogP contribution is -2.50. The zero-order chi connectivity index (χ0) is 12.8. The fourth-order valence-corrected chi connectivity index (χ4v) is 4.51. The quantitative estimate of drug-likeness (QED) is 0.805. The summed E-state index contributed by atoms with van der Waals surface area (Å²) in [7, 11) is 1.80. The average molecular weight is 273 g/mol. The molecule has 1 spiro atoms. The number of methoxy groups -OCH3 is 1. The maximum atomic E-state index is 6.07. The van der Waals surface area contributed by atoms with Gasteiger partial charge in [-0.3, -0.25) is 0 Å². The average Bonchev–Trinajstić information content (AvgIpc) is 2.78. The summed E-state index contributed by atoms with van der Waals surface area (Å²) in [6, 6.07) is 1.12. The number of ether oxygens (including phenoxy) is 2. The fraction of sp³-hybridized carbons (Fsp3) is 1.00. The fourth-order valence-electron chi connectivity index (χ4n) is 3.13. The molecule has 0 radical (unpaired) electrons. The monoisotopic (exact) mass is 273 g/mol. The Morgan fingerprint density at radius 3 is 3.11 bits per heavy atom. The Morgan fingerprint density at radius 2 is 2.44 bits per heavy atom. The Bertz CT molecular complexity index is 238. The summed E-state index contributed by atoms with van der Waals surface area (Å²) in [4.78, 5) is 0. The first-order valence-electron chi connectivity index (χ1n) is 7.25. The van der Waals surface area contributed by atoms with Crippen LogP contribution in [0.3, 0.4) is 0 Å². The second-order valence-corrected chi connectivity index (χ2v) is 6.74. The van der Waals surface area contributed by atoms with Crippen molar-refractivity contribution in [3.8, 4) is 0 Å². The molecule has 0 aromatic carbocycles. The normalized spacial score (nSPS) is 34.0. The van der Waals surface area contributed by atoms with E-state index in [1.54, 1.807) is 7.11 Å². The van der Waals surface area contributed by atoms with E-state index in [-0.39, 0.29) is 5.60 Å². The number of hydrogen-bond donors (Lipinski definition) is 1. The molecule has 0 saturated carbocycles. The van der Waals surface area contributed by atoms with E-state index in [2.05, 4.69) is 12.2 Å². The topological polar surface area (TPSA) is 30.5 Å². The van der Waals surface area contributed by atoms with Gasteiger partial charge in [0.1, 0.15) is 0 Å². The summed E-state index contributed by atoms with van der Waals surface area (Å²) in [5.74, 6) is 2.46. The van der Waals surface area contributed by atoms with E-state index in [0.717, 1.165) is 19.6 Å². The Hall–Kier alpha value is 0.230. The highest BCUT2D eigenvalue weighted by Gasteiger charge is 2.40. The minimum atomic E-state index is 0.185. The first-order valence-corrected chi connectivity index (χ1v) is 8.40. The van der Waals surface area contributed by atoms with Crippen LogP contribution in [-0.2, 0) is 9.47 Å². The number of thioether (sulfide) groups is 1. The van der Waals surface area contributed by atoms with E-state index in [0.29, 0.717) is 12.1 Å². The van der Waals surface area contributed by atoms with Crippen LogP contribution >= 0.6 is 11.8 Å². The molecule has 1 N–H and O–H groups in total. The molecule has 0 aromatic rings. The molecule has 2 fully saturated rings. The Morgan fingerprint density at radius 1 is 1.56 bits per heavy atom. The van der Waals surface area contributed by atoms with E-state index in [4.69, 9.17) is 9.47 Å². The van der Waals surface area contributed by atoms with Gasteiger partial charge in [0.2, 0.25) is 0 Å². The van der Waals surface area contributed by atoms with Crippen LogP contribution in [0.4, 0.5) is 0 Å². The third-order valence-corrected chi connectivity index (χ3v) is 5.26. The maximum absolute atomic E-state index is 6.07. The van der Waals surface area contributed by atoms with E-state index in [1.807, 2.05) is 11.8 Å². The third kappa shape index (κ3) is 3.86. The SMILES string of the molecule is CCCC(COC)NC1CCOC2(CCSC2)C1. The molecule has 0 aliphatic carbocycles. The summed E-state index contributed by atoms with van der Waals surface area (Å²) in [5, 5.41) is 3.79. The lowest BCUT2D eigenvalue weighted by Gasteiger charge is -2.39. The summed E-state index contributed by atoms with van der Waals surface area (Å²) >= 11 is 2.04. The molecule has 0 amide bonds. The van der Waals surface area contributed by atoms with Gasteiger partial charge in [0.15, 0.2) is 0 Å². The summed E-state index contributed by atoms with van der Waals surface area (Å²) < 4.78 is 11.4. The molecule has 18 heavy (non-hydrogen) atoms. The lowest BCUT2D eigenvalue weighted by atomic mass is 9.89. The van der Waals surface area contributed by atoms with Crippen molar-refractivity contribution >= 4 is 11.8 Å². The molecule has 2 saturated heterocycles. The highest BCUT2D eigenvalue weighted by molar-refractivity contribution is 7.99. The predicted octanol–water partition coefficient (Wildman–Crippen LogP) is 2.45. The highest BCUT2D eigenvalue weighted by atomic mass is 32.2. The van der Waals surface area contributed by atoms with E-state index in [9.17, 15) is 0 Å². The van der Waals surface area contributed by atoms with Gasteiger partial charge < -0.3 is 14.8 Å². The van der Waals surface area contributed by atoms with Crippen LogP contribution in [0.2, 0.25) is 0 Å². The largest absolute Gasteiger partial charge is 0.383 e. The maximum Gasteiger partial charge on any atom is 0.0795 e. The molecule has 2 aliphatic rings. The molecule has 2 aliphatic heterocycles. The number of rotatable bonds is 6. The van der Waals surface area contributed by atoms with Crippen LogP contribution < -0.4 is 5.32 Å². The van der Waals surface area contributed by atoms with E-state index >= 15 is 0 Å². The zero-order valence-electron chi connectivity index (χ0n) is 11.7. The zero-order valence-corrected chi connectivity index (χ0v) is 12.6. The lowest BCUT2D eigenvalue weighted by molar-refractivity contribution is -0.0723. The second kappa shape index (κ2) is 7.13. The molecule has 4 heteroatoms. The van der Waals surface area contributed by atoms with Gasteiger partial charge >= 0.3 is 0 Å². The van der Waals surface area contributed by atoms with Crippen molar-refractivity contribution in [1.82, 2.24) is 5.32 Å². The number of nitrogens with one attached hydrogen (secondary N) is 1. The summed E-state index contributed by atoms with van der Waals surface area (Å²) in [6.07, 6.45) is 5.98. The second-order valence-electron chi connectivity index (χ2n) is 5.63. The first kappa shape index (κ1) is 14.6. The van der Waals surface area contributed by atoms with Crippen molar-refractivity contribution in [2.24, 2.45) is 0 Å². The van der Waals surface area contributed by atoms with Gasteiger partial charge in [-0.1, -0.05) is 13.3 Å². The molecule has 3 unspecified atom stereocenters. The van der Waals surface area contributed by atoms with Crippen LogP contribution in [0.25, 0.3) is 0 Å². The van der Waals surface area contributed by atoms with Gasteiger partial charge in [0, 0.05) is 31.6 Å². The van der Waals surface area contributed by atoms with Crippen LogP contribution in [0.1, 0.15) is 39.0 Å². The Labute approximate surface area is 115 Å². The van der Waals surface area contributed by atoms with Gasteiger partial charge in [0.05, 0.1) is 12.2 Å². The predicted molar refractivity (Wildman–Crippen MR) is 77.4 cm³/mol. The van der Waals surface area contributed by atoms with Gasteiger partial charge in [-0.2, -0.15) is 11.8 Å². The van der Waals surface area contributed by atoms with Gasteiger partial charge in [-0.05, 0) is 31.4 Å². The molecule has 2 heterocycles. The Balaban J connectivity index is 1.83. The van der Waals surface area contributed by atoms with Crippen molar-refractivity contribution < 1.29 is 9.47 Å². The minimum absolute atomic E-state index is 0.185. The smallest absolute Gasteiger partial charge is 0.0795 e. The molecule has 3 atom stereocenters. The van der Waals surface area contributed by atoms with Gasteiger partial charge in [-0.15, -0.1) is 0 Å². The van der Waals surface area contributed by atoms with Crippen molar-refractivity contribution in [3.05, 3.63) is 0 Å². The van der Waals surface area contributed by atoms with Crippen molar-refractivity contribution in [2.75, 3.05) is 31.8 Å². The molecule has 2 rings (SSSR count). The van der Waals surface area contributed by atoms with Crippen LogP contribution in [-0.4, -0.2) is 49.5 Å². The van der Waals surface area contributed by atoms with Crippen LogP contribution in [0.5, 0.6) is 0 Å². The van der Waals surface area contributed by atoms with Gasteiger partial charge in [-0.25, -0.2) is 0 Å². The molecular formula is C14H27NO2S. The van der Waals surface area contributed by atoms with Crippen LogP contribution in [0.15, 0.2) is 0 Å². The van der Waals surface area contributed by atoms with Gasteiger partial charge in [0.25, 0.3) is 0 Å². The summed E-state index contributed by atoms with van der Waals surface area (Å²) in [5.41, 5.74) is 0.185. The molecular weight excluding hydrogens is 246 g/mol. The number of hydrogen-bond acceptors (Lipinski definition) is 4. The van der Waals surface area contributed by atoms with E-state index < -0.39 is 0 Å². The van der Waals surface area contributed by atoms with Crippen molar-refractivity contribution in [1.29, 1.82) is 0 Å². The van der Waals surface area contributed by atoms with Crippen LogP contribution in [0, 0.1) is 0 Å². The third-order valence-electron chi connectivity index (χ3n) is 4.04. The standard InChI is InChI=1S/C14H27NO2S/c1-3-4-13(10-16-2)15-12-5-7-17-14(9-12)6-8-18-11-14/h12-13,15H,3-11H2,1-2H3. The molecule has 106 valence electrons. The molecule has 0 bridgehead atoms. The van der Waals surface area contributed by atoms with Crippen molar-refractivity contribution in [2.45, 2.75) is 56.7 Å². The summed E-state index contributed by atoms with van der Waals surface area (Å²) in [6.45, 7) is 3.99. The highest BCUT2D eigenvalue weighted by Crippen LogP contribution is 2.38. The minimum Gasteiger partial charge on any atom is -0.383 e. The first-order chi connectivity index (χ1) is 8.78. The van der Waals surface area contributed by atoms with Crippen molar-refractivity contribution in [3.63, 3.8) is 0 Å². The Kier molecular flexibility index (Phi) is 5.80.